The van der Waals surface area contributed by atoms with Gasteiger partial charge in [-0.05, 0) is 40.7 Å². The van der Waals surface area contributed by atoms with Crippen molar-refractivity contribution in [3.63, 3.8) is 0 Å². The smallest absolute Gasteiger partial charge is 0.239 e. The van der Waals surface area contributed by atoms with E-state index < -0.39 is 0 Å². The van der Waals surface area contributed by atoms with Crippen LogP contribution in [0.5, 0.6) is 0 Å². The molecule has 0 spiro atoms. The summed E-state index contributed by atoms with van der Waals surface area (Å²) in [6.45, 7) is 3.28. The highest BCUT2D eigenvalue weighted by Gasteiger charge is 2.35. The number of carbonyl (C=O) groups is 1. The van der Waals surface area contributed by atoms with E-state index in [-0.39, 0.29) is 11.9 Å². The number of fused-ring (bicyclic) bond motifs is 3. The first-order valence-corrected chi connectivity index (χ1v) is 11.1. The van der Waals surface area contributed by atoms with Crippen molar-refractivity contribution in [3.05, 3.63) is 59.7 Å². The molecule has 1 fully saturated rings. The van der Waals surface area contributed by atoms with E-state index in [4.69, 9.17) is 5.73 Å². The minimum Gasteiger partial charge on any atom is -0.339 e. The number of carbonyl (C=O) groups excluding carboxylic acids is 1. The van der Waals surface area contributed by atoms with E-state index in [1.54, 1.807) is 11.8 Å². The van der Waals surface area contributed by atoms with Crippen LogP contribution in [0.15, 0.2) is 48.5 Å². The molecule has 5 heteroatoms. The Morgan fingerprint density at radius 2 is 1.59 bits per heavy atom. The molecule has 2 aromatic carbocycles. The minimum atomic E-state index is -0.364. The van der Waals surface area contributed by atoms with Gasteiger partial charge in [0.2, 0.25) is 5.91 Å². The molecule has 1 amide bonds. The Labute approximate surface area is 165 Å². The van der Waals surface area contributed by atoms with Crippen molar-refractivity contribution < 1.29 is 4.79 Å². The van der Waals surface area contributed by atoms with Gasteiger partial charge in [-0.25, -0.2) is 0 Å². The number of nitrogens with zero attached hydrogens (tertiary/aromatic N) is 2. The molecule has 2 aromatic rings. The molecule has 0 aromatic heterocycles. The number of hydrogen-bond acceptors (Lipinski definition) is 4. The highest BCUT2D eigenvalue weighted by molar-refractivity contribution is 7.98. The van der Waals surface area contributed by atoms with Gasteiger partial charge >= 0.3 is 0 Å². The third-order valence-corrected chi connectivity index (χ3v) is 6.39. The zero-order valence-electron chi connectivity index (χ0n) is 15.8. The van der Waals surface area contributed by atoms with E-state index in [2.05, 4.69) is 53.4 Å². The van der Waals surface area contributed by atoms with E-state index in [9.17, 15) is 4.79 Å². The summed E-state index contributed by atoms with van der Waals surface area (Å²) in [5, 5.41) is 0. The summed E-state index contributed by atoms with van der Waals surface area (Å²) >= 11 is 1.74. The summed E-state index contributed by atoms with van der Waals surface area (Å²) in [6.07, 6.45) is 2.80. The molecule has 1 heterocycles. The zero-order chi connectivity index (χ0) is 18.8. The van der Waals surface area contributed by atoms with Crippen LogP contribution >= 0.6 is 11.8 Å². The van der Waals surface area contributed by atoms with Crippen molar-refractivity contribution in [1.82, 2.24) is 9.80 Å². The van der Waals surface area contributed by atoms with Crippen LogP contribution in [-0.2, 0) is 4.79 Å². The summed E-state index contributed by atoms with van der Waals surface area (Å²) in [5.41, 5.74) is 11.6. The van der Waals surface area contributed by atoms with Gasteiger partial charge in [-0.1, -0.05) is 48.5 Å². The van der Waals surface area contributed by atoms with Crippen LogP contribution < -0.4 is 5.73 Å². The van der Waals surface area contributed by atoms with Gasteiger partial charge in [0.25, 0.3) is 0 Å². The molecule has 1 aliphatic heterocycles. The van der Waals surface area contributed by atoms with Crippen molar-refractivity contribution in [3.8, 4) is 11.1 Å². The second-order valence-electron chi connectivity index (χ2n) is 7.33. The molecule has 0 bridgehead atoms. The molecule has 2 aliphatic rings. The van der Waals surface area contributed by atoms with Gasteiger partial charge in [0.15, 0.2) is 0 Å². The first-order chi connectivity index (χ1) is 13.2. The normalized spacial score (nSPS) is 18.2. The first kappa shape index (κ1) is 18.5. The Morgan fingerprint density at radius 1 is 1.04 bits per heavy atom. The zero-order valence-corrected chi connectivity index (χ0v) is 16.6. The Balaban J connectivity index is 1.48. The summed E-state index contributed by atoms with van der Waals surface area (Å²) in [4.78, 5) is 17.1. The van der Waals surface area contributed by atoms with Crippen LogP contribution in [-0.4, -0.2) is 59.9 Å². The average molecular weight is 382 g/mol. The lowest BCUT2D eigenvalue weighted by Crippen LogP contribution is -2.53. The quantitative estimate of drug-likeness (QED) is 0.865. The number of piperazine rings is 1. The van der Waals surface area contributed by atoms with Crippen molar-refractivity contribution >= 4 is 17.7 Å². The largest absolute Gasteiger partial charge is 0.339 e. The minimum absolute atomic E-state index is 0.107. The molecule has 1 atom stereocenters. The molecule has 1 saturated heterocycles. The van der Waals surface area contributed by atoms with Crippen molar-refractivity contribution in [1.29, 1.82) is 0 Å². The second kappa shape index (κ2) is 8.05. The highest BCUT2D eigenvalue weighted by atomic mass is 32.2. The fourth-order valence-corrected chi connectivity index (χ4v) is 4.82. The standard InChI is InChI=1S/C22H27N3OS/c1-27-15-10-20(23)22(26)25-13-11-24(12-14-25)21-18-8-4-2-6-16(18)17-7-3-5-9-19(17)21/h2-9,20-21H,10-15,23H2,1H3. The van der Waals surface area contributed by atoms with E-state index >= 15 is 0 Å². The molecule has 4 nitrogen and oxygen atoms in total. The van der Waals surface area contributed by atoms with Gasteiger partial charge in [-0.15, -0.1) is 0 Å². The summed E-state index contributed by atoms with van der Waals surface area (Å²) < 4.78 is 0. The number of nitrogens with two attached hydrogens (primary N) is 1. The maximum Gasteiger partial charge on any atom is 0.239 e. The maximum atomic E-state index is 12.6. The Morgan fingerprint density at radius 3 is 2.15 bits per heavy atom. The fraction of sp³-hybridized carbons (Fsp3) is 0.409. The summed E-state index contributed by atoms with van der Waals surface area (Å²) in [7, 11) is 0. The molecule has 2 N–H and O–H groups in total. The number of rotatable bonds is 5. The van der Waals surface area contributed by atoms with Crippen molar-refractivity contribution in [2.75, 3.05) is 38.2 Å². The van der Waals surface area contributed by atoms with Gasteiger partial charge in [-0.2, -0.15) is 11.8 Å². The molecular weight excluding hydrogens is 354 g/mol. The van der Waals surface area contributed by atoms with Crippen LogP contribution in [0.1, 0.15) is 23.6 Å². The van der Waals surface area contributed by atoms with Gasteiger partial charge in [-0.3, -0.25) is 9.69 Å². The Kier molecular flexibility index (Phi) is 5.53. The maximum absolute atomic E-state index is 12.6. The van der Waals surface area contributed by atoms with Crippen LogP contribution in [0, 0.1) is 0 Å². The number of hydrogen-bond donors (Lipinski definition) is 1. The lowest BCUT2D eigenvalue weighted by Gasteiger charge is -2.39. The van der Waals surface area contributed by atoms with E-state index in [1.807, 2.05) is 11.2 Å². The molecule has 0 saturated carbocycles. The van der Waals surface area contributed by atoms with Crippen LogP contribution in [0.4, 0.5) is 0 Å². The molecule has 0 radical (unpaired) electrons. The Hall–Kier alpha value is -1.82. The van der Waals surface area contributed by atoms with Crippen LogP contribution in [0.3, 0.4) is 0 Å². The van der Waals surface area contributed by atoms with Crippen LogP contribution in [0.25, 0.3) is 11.1 Å². The first-order valence-electron chi connectivity index (χ1n) is 9.66. The second-order valence-corrected chi connectivity index (χ2v) is 8.31. The third-order valence-electron chi connectivity index (χ3n) is 5.74. The van der Waals surface area contributed by atoms with Gasteiger partial charge < -0.3 is 10.6 Å². The number of amides is 1. The lowest BCUT2D eigenvalue weighted by molar-refractivity contribution is -0.134. The number of thioether (sulfide) groups is 1. The molecule has 1 unspecified atom stereocenters. The van der Waals surface area contributed by atoms with Gasteiger partial charge in [0.05, 0.1) is 12.1 Å². The van der Waals surface area contributed by atoms with Crippen molar-refractivity contribution in [2.24, 2.45) is 5.73 Å². The molecule has 27 heavy (non-hydrogen) atoms. The highest BCUT2D eigenvalue weighted by Crippen LogP contribution is 2.46. The van der Waals surface area contributed by atoms with E-state index in [0.29, 0.717) is 6.04 Å². The molecular formula is C22H27N3OS. The third kappa shape index (κ3) is 3.51. The van der Waals surface area contributed by atoms with Gasteiger partial charge in [0.1, 0.15) is 0 Å². The Bertz CT molecular complexity index is 771. The predicted octanol–water partition coefficient (Wildman–Crippen LogP) is 2.98. The molecule has 1 aliphatic carbocycles. The summed E-state index contributed by atoms with van der Waals surface area (Å²) in [6, 6.07) is 17.3. The number of benzene rings is 2. The molecule has 4 rings (SSSR count). The topological polar surface area (TPSA) is 49.6 Å². The van der Waals surface area contributed by atoms with Crippen LogP contribution in [0.2, 0.25) is 0 Å². The monoisotopic (exact) mass is 381 g/mol. The fourth-order valence-electron chi connectivity index (χ4n) is 4.33. The van der Waals surface area contributed by atoms with E-state index in [1.165, 1.54) is 22.3 Å². The van der Waals surface area contributed by atoms with Gasteiger partial charge in [0, 0.05) is 26.2 Å². The van der Waals surface area contributed by atoms with E-state index in [0.717, 1.165) is 38.4 Å². The SMILES string of the molecule is CSCCC(N)C(=O)N1CCN(C2c3ccccc3-c3ccccc32)CC1. The summed E-state index contributed by atoms with van der Waals surface area (Å²) in [5.74, 6) is 1.04. The average Bonchev–Trinajstić information content (AvgIpc) is 3.06. The lowest BCUT2D eigenvalue weighted by atomic mass is 10.0. The predicted molar refractivity (Wildman–Crippen MR) is 113 cm³/mol. The van der Waals surface area contributed by atoms with Crippen molar-refractivity contribution in [2.45, 2.75) is 18.5 Å². The molecule has 142 valence electrons.